The molecule has 1 amide bonds. The molecule has 0 heterocycles. The molecule has 2 N–H and O–H groups in total. The molecule has 4 nitrogen and oxygen atoms in total. The highest BCUT2D eigenvalue weighted by atomic mass is 19.2. The van der Waals surface area contributed by atoms with E-state index in [1.807, 2.05) is 0 Å². The van der Waals surface area contributed by atoms with E-state index in [9.17, 15) is 18.4 Å². The van der Waals surface area contributed by atoms with Crippen molar-refractivity contribution in [3.8, 4) is 0 Å². The Labute approximate surface area is 127 Å². The van der Waals surface area contributed by atoms with Crippen molar-refractivity contribution in [1.82, 2.24) is 5.32 Å². The van der Waals surface area contributed by atoms with Crippen LogP contribution >= 0.6 is 0 Å². The van der Waals surface area contributed by atoms with Crippen LogP contribution in [0.1, 0.15) is 37.7 Å². The second-order valence-electron chi connectivity index (χ2n) is 5.65. The number of carbonyl (C=O) groups is 2. The van der Waals surface area contributed by atoms with Gasteiger partial charge in [-0.15, -0.1) is 0 Å². The van der Waals surface area contributed by atoms with E-state index in [1.165, 1.54) is 6.07 Å². The largest absolute Gasteiger partial charge is 0.481 e. The summed E-state index contributed by atoms with van der Waals surface area (Å²) in [4.78, 5) is 22.9. The molecule has 1 aromatic rings. The van der Waals surface area contributed by atoms with Gasteiger partial charge in [0, 0.05) is 12.5 Å². The Morgan fingerprint density at radius 3 is 2.68 bits per heavy atom. The molecule has 2 atom stereocenters. The van der Waals surface area contributed by atoms with Gasteiger partial charge in [0.05, 0.1) is 5.92 Å². The highest BCUT2D eigenvalue weighted by Crippen LogP contribution is 2.25. The summed E-state index contributed by atoms with van der Waals surface area (Å²) in [6, 6.07) is 3.40. The topological polar surface area (TPSA) is 66.4 Å². The lowest BCUT2D eigenvalue weighted by Crippen LogP contribution is -2.40. The van der Waals surface area contributed by atoms with E-state index in [0.29, 0.717) is 31.2 Å². The van der Waals surface area contributed by atoms with Crippen molar-refractivity contribution < 1.29 is 23.5 Å². The van der Waals surface area contributed by atoms with E-state index in [1.54, 1.807) is 0 Å². The summed E-state index contributed by atoms with van der Waals surface area (Å²) in [5.41, 5.74) is 0.635. The predicted octanol–water partition coefficient (Wildman–Crippen LogP) is 2.66. The van der Waals surface area contributed by atoms with Crippen LogP contribution in [-0.2, 0) is 16.0 Å². The maximum Gasteiger partial charge on any atom is 0.308 e. The first-order chi connectivity index (χ1) is 10.5. The van der Waals surface area contributed by atoms with Gasteiger partial charge in [-0.25, -0.2) is 8.78 Å². The number of rotatable bonds is 6. The van der Waals surface area contributed by atoms with Gasteiger partial charge in [0.15, 0.2) is 11.6 Å². The number of carbonyl (C=O) groups excluding carboxylic acids is 1. The lowest BCUT2D eigenvalue weighted by atomic mass is 10.0. The van der Waals surface area contributed by atoms with Crippen molar-refractivity contribution in [2.75, 3.05) is 0 Å². The molecule has 0 saturated heterocycles. The lowest BCUT2D eigenvalue weighted by molar-refractivity contribution is -0.142. The molecule has 0 bridgehead atoms. The van der Waals surface area contributed by atoms with Crippen LogP contribution in [-0.4, -0.2) is 23.0 Å². The van der Waals surface area contributed by atoms with Crippen LogP contribution < -0.4 is 5.32 Å². The molecule has 1 saturated carbocycles. The number of carboxylic acid groups (broad SMARTS) is 1. The van der Waals surface area contributed by atoms with Crippen LogP contribution in [0.25, 0.3) is 0 Å². The second-order valence-corrected chi connectivity index (χ2v) is 5.65. The van der Waals surface area contributed by atoms with Crippen LogP contribution in [0.2, 0.25) is 0 Å². The third-order valence-corrected chi connectivity index (χ3v) is 4.03. The molecule has 0 radical (unpaired) electrons. The fourth-order valence-electron chi connectivity index (χ4n) is 2.86. The van der Waals surface area contributed by atoms with E-state index < -0.39 is 23.5 Å². The van der Waals surface area contributed by atoms with Crippen molar-refractivity contribution in [3.05, 3.63) is 35.4 Å². The SMILES string of the molecule is O=C(CCCc1ccc(F)c(F)c1)NC1CCCC1C(=O)O. The Balaban J connectivity index is 1.76. The Morgan fingerprint density at radius 1 is 1.23 bits per heavy atom. The Bertz CT molecular complexity index is 562. The van der Waals surface area contributed by atoms with E-state index in [0.717, 1.165) is 18.6 Å². The Kier molecular flexibility index (Phi) is 5.46. The Morgan fingerprint density at radius 2 is 2.00 bits per heavy atom. The molecular formula is C16H19F2NO3. The van der Waals surface area contributed by atoms with E-state index in [-0.39, 0.29) is 18.4 Å². The molecule has 2 rings (SSSR count). The monoisotopic (exact) mass is 311 g/mol. The average molecular weight is 311 g/mol. The molecule has 1 aliphatic carbocycles. The van der Waals surface area contributed by atoms with Crippen molar-refractivity contribution >= 4 is 11.9 Å². The van der Waals surface area contributed by atoms with E-state index >= 15 is 0 Å². The van der Waals surface area contributed by atoms with Gasteiger partial charge in [-0.05, 0) is 43.4 Å². The highest BCUT2D eigenvalue weighted by Gasteiger charge is 2.33. The minimum atomic E-state index is -0.891. The smallest absolute Gasteiger partial charge is 0.308 e. The van der Waals surface area contributed by atoms with Gasteiger partial charge in [0.2, 0.25) is 5.91 Å². The van der Waals surface area contributed by atoms with Crippen molar-refractivity contribution in [1.29, 1.82) is 0 Å². The van der Waals surface area contributed by atoms with Crippen LogP contribution in [0.5, 0.6) is 0 Å². The third kappa shape index (κ3) is 4.26. The summed E-state index contributed by atoms with van der Waals surface area (Å²) in [5, 5.41) is 11.8. The first-order valence-electron chi connectivity index (χ1n) is 7.43. The van der Waals surface area contributed by atoms with Crippen LogP contribution in [0.4, 0.5) is 8.78 Å². The lowest BCUT2D eigenvalue weighted by Gasteiger charge is -2.17. The standard InChI is InChI=1S/C16H19F2NO3/c17-12-8-7-10(9-13(12)18)3-1-6-15(20)19-14-5-2-4-11(14)16(21)22/h7-9,11,14H,1-6H2,(H,19,20)(H,21,22). The van der Waals surface area contributed by atoms with Gasteiger partial charge in [-0.1, -0.05) is 12.5 Å². The van der Waals surface area contributed by atoms with Crippen LogP contribution in [0.3, 0.4) is 0 Å². The van der Waals surface area contributed by atoms with Crippen molar-refractivity contribution in [3.63, 3.8) is 0 Å². The molecule has 6 heteroatoms. The molecule has 2 unspecified atom stereocenters. The molecule has 1 aliphatic rings. The molecule has 0 spiro atoms. The van der Waals surface area contributed by atoms with Gasteiger partial charge >= 0.3 is 5.97 Å². The van der Waals surface area contributed by atoms with Gasteiger partial charge < -0.3 is 10.4 Å². The minimum absolute atomic E-state index is 0.194. The zero-order chi connectivity index (χ0) is 16.1. The zero-order valence-electron chi connectivity index (χ0n) is 12.1. The fourth-order valence-corrected chi connectivity index (χ4v) is 2.86. The number of aryl methyl sites for hydroxylation is 1. The Hall–Kier alpha value is -1.98. The summed E-state index contributed by atoms with van der Waals surface area (Å²) in [7, 11) is 0. The number of aliphatic carboxylic acids is 1. The predicted molar refractivity (Wildman–Crippen MR) is 76.2 cm³/mol. The quantitative estimate of drug-likeness (QED) is 0.849. The molecule has 1 aromatic carbocycles. The summed E-state index contributed by atoms with van der Waals surface area (Å²) in [5.74, 6) is -3.35. The summed E-state index contributed by atoms with van der Waals surface area (Å²) < 4.78 is 25.8. The molecule has 22 heavy (non-hydrogen) atoms. The normalized spacial score (nSPS) is 20.8. The maximum absolute atomic E-state index is 13.0. The van der Waals surface area contributed by atoms with Crippen molar-refractivity contribution in [2.45, 2.75) is 44.6 Å². The summed E-state index contributed by atoms with van der Waals surface area (Å²) in [6.45, 7) is 0. The van der Waals surface area contributed by atoms with E-state index in [4.69, 9.17) is 5.11 Å². The molecule has 0 aromatic heterocycles. The van der Waals surface area contributed by atoms with Crippen molar-refractivity contribution in [2.24, 2.45) is 5.92 Å². The van der Waals surface area contributed by atoms with Gasteiger partial charge in [0.1, 0.15) is 0 Å². The highest BCUT2D eigenvalue weighted by molar-refractivity contribution is 5.78. The van der Waals surface area contributed by atoms with E-state index in [2.05, 4.69) is 5.32 Å². The van der Waals surface area contributed by atoms with Crippen LogP contribution in [0, 0.1) is 17.6 Å². The van der Waals surface area contributed by atoms with Crippen LogP contribution in [0.15, 0.2) is 18.2 Å². The summed E-state index contributed by atoms with van der Waals surface area (Å²) >= 11 is 0. The zero-order valence-corrected chi connectivity index (χ0v) is 12.1. The molecule has 120 valence electrons. The molecule has 1 fully saturated rings. The molecule has 0 aliphatic heterocycles. The van der Waals surface area contributed by atoms with Gasteiger partial charge in [-0.3, -0.25) is 9.59 Å². The summed E-state index contributed by atoms with van der Waals surface area (Å²) in [6.07, 6.45) is 3.29. The third-order valence-electron chi connectivity index (χ3n) is 4.03. The minimum Gasteiger partial charge on any atom is -0.481 e. The second kappa shape index (κ2) is 7.33. The number of halogens is 2. The first kappa shape index (κ1) is 16.4. The fraction of sp³-hybridized carbons (Fsp3) is 0.500. The number of nitrogens with one attached hydrogen (secondary N) is 1. The average Bonchev–Trinajstić information content (AvgIpc) is 2.91. The van der Waals surface area contributed by atoms with Gasteiger partial charge in [-0.2, -0.15) is 0 Å². The number of hydrogen-bond donors (Lipinski definition) is 2. The first-order valence-corrected chi connectivity index (χ1v) is 7.43. The number of benzene rings is 1. The number of amides is 1. The number of carboxylic acids is 1. The van der Waals surface area contributed by atoms with Gasteiger partial charge in [0.25, 0.3) is 0 Å². The molecular weight excluding hydrogens is 292 g/mol. The maximum atomic E-state index is 13.0. The number of hydrogen-bond acceptors (Lipinski definition) is 2.